The Kier molecular flexibility index (Phi) is 3.74. The van der Waals surface area contributed by atoms with E-state index in [0.29, 0.717) is 16.4 Å². The van der Waals surface area contributed by atoms with Crippen molar-refractivity contribution in [1.82, 2.24) is 9.97 Å². The molecule has 0 aromatic carbocycles. The van der Waals surface area contributed by atoms with Gasteiger partial charge in [-0.1, -0.05) is 11.6 Å². The molecule has 0 atom stereocenters. The molecule has 18 heavy (non-hydrogen) atoms. The topological polar surface area (TPSA) is 64.1 Å². The molecule has 0 aliphatic carbocycles. The zero-order valence-electron chi connectivity index (χ0n) is 9.55. The van der Waals surface area contributed by atoms with Crippen LogP contribution in [0.1, 0.15) is 10.4 Å². The molecular formula is C12H10ClN3O2. The Labute approximate surface area is 109 Å². The molecule has 2 heterocycles. The first-order valence-corrected chi connectivity index (χ1v) is 5.50. The zero-order valence-corrected chi connectivity index (χ0v) is 10.3. The first-order valence-electron chi connectivity index (χ1n) is 5.12. The summed E-state index contributed by atoms with van der Waals surface area (Å²) in [4.78, 5) is 19.8. The van der Waals surface area contributed by atoms with Crippen molar-refractivity contribution >= 4 is 23.2 Å². The molecule has 0 saturated heterocycles. The Balaban J connectivity index is 2.22. The molecule has 0 aliphatic heterocycles. The lowest BCUT2D eigenvalue weighted by Crippen LogP contribution is -2.13. The van der Waals surface area contributed by atoms with Crippen molar-refractivity contribution in [1.29, 1.82) is 0 Å². The molecule has 2 aromatic rings. The van der Waals surface area contributed by atoms with E-state index >= 15 is 0 Å². The number of halogens is 1. The summed E-state index contributed by atoms with van der Waals surface area (Å²) in [6.07, 6.45) is 3.07. The molecule has 0 unspecified atom stereocenters. The molecule has 0 aliphatic rings. The summed E-state index contributed by atoms with van der Waals surface area (Å²) in [5, 5.41) is 3.00. The number of amides is 1. The SMILES string of the molecule is COc1ncccc1C(=O)Nc1ccnc(Cl)c1. The molecule has 2 aromatic heterocycles. The van der Waals surface area contributed by atoms with Crippen LogP contribution in [-0.2, 0) is 0 Å². The van der Waals surface area contributed by atoms with E-state index in [4.69, 9.17) is 16.3 Å². The standard InChI is InChI=1S/C12H10ClN3O2/c1-18-12-9(3-2-5-15-12)11(17)16-8-4-6-14-10(13)7-8/h2-7H,1H3,(H,14,16,17). The van der Waals surface area contributed by atoms with E-state index in [9.17, 15) is 4.79 Å². The van der Waals surface area contributed by atoms with Gasteiger partial charge < -0.3 is 10.1 Å². The van der Waals surface area contributed by atoms with Gasteiger partial charge in [-0.05, 0) is 24.3 Å². The minimum atomic E-state index is -0.317. The van der Waals surface area contributed by atoms with E-state index in [0.717, 1.165) is 0 Å². The predicted octanol–water partition coefficient (Wildman–Crippen LogP) is 2.39. The lowest BCUT2D eigenvalue weighted by atomic mass is 10.2. The fraction of sp³-hybridized carbons (Fsp3) is 0.0833. The average Bonchev–Trinajstić information content (AvgIpc) is 2.38. The van der Waals surface area contributed by atoms with Crippen LogP contribution in [0.5, 0.6) is 5.88 Å². The first kappa shape index (κ1) is 12.3. The van der Waals surface area contributed by atoms with Gasteiger partial charge in [0.05, 0.1) is 7.11 Å². The van der Waals surface area contributed by atoms with E-state index < -0.39 is 0 Å². The number of hydrogen-bond acceptors (Lipinski definition) is 4. The highest BCUT2D eigenvalue weighted by Crippen LogP contribution is 2.17. The Morgan fingerprint density at radius 2 is 2.17 bits per heavy atom. The van der Waals surface area contributed by atoms with Crippen molar-refractivity contribution in [3.8, 4) is 5.88 Å². The van der Waals surface area contributed by atoms with Crippen molar-refractivity contribution in [2.75, 3.05) is 12.4 Å². The largest absolute Gasteiger partial charge is 0.480 e. The van der Waals surface area contributed by atoms with Gasteiger partial charge in [0.2, 0.25) is 5.88 Å². The lowest BCUT2D eigenvalue weighted by Gasteiger charge is -2.07. The monoisotopic (exact) mass is 263 g/mol. The zero-order chi connectivity index (χ0) is 13.0. The molecule has 0 radical (unpaired) electrons. The van der Waals surface area contributed by atoms with Gasteiger partial charge in [-0.2, -0.15) is 0 Å². The molecule has 0 fully saturated rings. The highest BCUT2D eigenvalue weighted by atomic mass is 35.5. The molecule has 1 amide bonds. The van der Waals surface area contributed by atoms with Crippen LogP contribution in [0.15, 0.2) is 36.7 Å². The van der Waals surface area contributed by atoms with Crippen LogP contribution in [0, 0.1) is 0 Å². The van der Waals surface area contributed by atoms with Gasteiger partial charge >= 0.3 is 0 Å². The third-order valence-corrected chi connectivity index (χ3v) is 2.40. The number of aromatic nitrogens is 2. The number of rotatable bonds is 3. The normalized spacial score (nSPS) is 9.89. The average molecular weight is 264 g/mol. The summed E-state index contributed by atoms with van der Waals surface area (Å²) < 4.78 is 5.02. The highest BCUT2D eigenvalue weighted by molar-refractivity contribution is 6.29. The van der Waals surface area contributed by atoms with Crippen molar-refractivity contribution in [3.63, 3.8) is 0 Å². The van der Waals surface area contributed by atoms with Crippen molar-refractivity contribution in [3.05, 3.63) is 47.4 Å². The van der Waals surface area contributed by atoms with Gasteiger partial charge in [0, 0.05) is 18.1 Å². The van der Waals surface area contributed by atoms with E-state index in [1.54, 1.807) is 30.5 Å². The molecule has 5 nitrogen and oxygen atoms in total. The Morgan fingerprint density at radius 1 is 1.33 bits per heavy atom. The van der Waals surface area contributed by atoms with Crippen molar-refractivity contribution in [2.24, 2.45) is 0 Å². The molecule has 0 spiro atoms. The fourth-order valence-electron chi connectivity index (χ4n) is 1.40. The lowest BCUT2D eigenvalue weighted by molar-refractivity contribution is 0.102. The van der Waals surface area contributed by atoms with Crippen LogP contribution in [0.3, 0.4) is 0 Å². The molecule has 92 valence electrons. The van der Waals surface area contributed by atoms with Crippen LogP contribution >= 0.6 is 11.6 Å². The maximum atomic E-state index is 12.0. The minimum absolute atomic E-state index is 0.273. The smallest absolute Gasteiger partial charge is 0.261 e. The van der Waals surface area contributed by atoms with E-state index in [2.05, 4.69) is 15.3 Å². The highest BCUT2D eigenvalue weighted by Gasteiger charge is 2.12. The molecule has 1 N–H and O–H groups in total. The van der Waals surface area contributed by atoms with E-state index in [-0.39, 0.29) is 11.8 Å². The summed E-state index contributed by atoms with van der Waals surface area (Å²) in [6.45, 7) is 0. The van der Waals surface area contributed by atoms with Gasteiger partial charge in [-0.15, -0.1) is 0 Å². The third kappa shape index (κ3) is 2.75. The maximum Gasteiger partial charge on any atom is 0.261 e. The second-order valence-electron chi connectivity index (χ2n) is 3.38. The van der Waals surface area contributed by atoms with E-state index in [1.807, 2.05) is 0 Å². The van der Waals surface area contributed by atoms with Crippen molar-refractivity contribution < 1.29 is 9.53 Å². The van der Waals surface area contributed by atoms with Crippen LogP contribution in [0.2, 0.25) is 5.15 Å². The summed E-state index contributed by atoms with van der Waals surface area (Å²) in [7, 11) is 1.46. The van der Waals surface area contributed by atoms with Gasteiger partial charge in [-0.3, -0.25) is 4.79 Å². The number of methoxy groups -OCH3 is 1. The van der Waals surface area contributed by atoms with E-state index in [1.165, 1.54) is 13.3 Å². The number of pyridine rings is 2. The number of carbonyl (C=O) groups excluding carboxylic acids is 1. The molecule has 6 heteroatoms. The Hall–Kier alpha value is -2.14. The summed E-state index contributed by atoms with van der Waals surface area (Å²) in [5.74, 6) is -0.0441. The second kappa shape index (κ2) is 5.46. The van der Waals surface area contributed by atoms with Crippen LogP contribution in [0.4, 0.5) is 5.69 Å². The van der Waals surface area contributed by atoms with Crippen LogP contribution < -0.4 is 10.1 Å². The van der Waals surface area contributed by atoms with Gasteiger partial charge in [0.25, 0.3) is 5.91 Å². The Morgan fingerprint density at radius 3 is 2.89 bits per heavy atom. The van der Waals surface area contributed by atoms with Gasteiger partial charge in [0.1, 0.15) is 10.7 Å². The summed E-state index contributed by atoms with van der Waals surface area (Å²) in [5.41, 5.74) is 0.916. The molecule has 0 bridgehead atoms. The predicted molar refractivity (Wildman–Crippen MR) is 68.0 cm³/mol. The second-order valence-corrected chi connectivity index (χ2v) is 3.77. The number of carbonyl (C=O) groups is 1. The fourth-order valence-corrected chi connectivity index (χ4v) is 1.58. The van der Waals surface area contributed by atoms with Crippen LogP contribution in [-0.4, -0.2) is 23.0 Å². The third-order valence-electron chi connectivity index (χ3n) is 2.19. The number of nitrogens with one attached hydrogen (secondary N) is 1. The summed E-state index contributed by atoms with van der Waals surface area (Å²) >= 11 is 5.73. The number of anilines is 1. The van der Waals surface area contributed by atoms with Gasteiger partial charge in [-0.25, -0.2) is 9.97 Å². The summed E-state index contributed by atoms with van der Waals surface area (Å²) in [6, 6.07) is 6.50. The Bertz CT molecular complexity index is 575. The quantitative estimate of drug-likeness (QED) is 0.864. The number of hydrogen-bond donors (Lipinski definition) is 1. The number of nitrogens with zero attached hydrogens (tertiary/aromatic N) is 2. The number of ether oxygens (including phenoxy) is 1. The van der Waals surface area contributed by atoms with Gasteiger partial charge in [0.15, 0.2) is 0 Å². The first-order chi connectivity index (χ1) is 8.70. The maximum absolute atomic E-state index is 12.0. The molecule has 0 saturated carbocycles. The molecular weight excluding hydrogens is 254 g/mol. The van der Waals surface area contributed by atoms with Crippen LogP contribution in [0.25, 0.3) is 0 Å². The van der Waals surface area contributed by atoms with Crippen molar-refractivity contribution in [2.45, 2.75) is 0 Å². The minimum Gasteiger partial charge on any atom is -0.480 e. The molecule has 2 rings (SSSR count).